The van der Waals surface area contributed by atoms with Crippen LogP contribution in [0.2, 0.25) is 0 Å². The number of anilines is 1. The molecule has 2 aromatic rings. The minimum absolute atomic E-state index is 0.0825. The lowest BCUT2D eigenvalue weighted by molar-refractivity contribution is 0.102. The number of rotatable bonds is 6. The lowest BCUT2D eigenvalue weighted by atomic mass is 10.2. The first-order valence-corrected chi connectivity index (χ1v) is 6.34. The highest BCUT2D eigenvalue weighted by molar-refractivity contribution is 6.04. The number of hydrogen-bond acceptors (Lipinski definition) is 5. The van der Waals surface area contributed by atoms with Crippen LogP contribution in [0.4, 0.5) is 5.69 Å². The fraction of sp³-hybridized carbons (Fsp3) is 0.286. The molecular weight excluding hydrogens is 274 g/mol. The highest BCUT2D eigenvalue weighted by atomic mass is 16.5. The third-order valence-electron chi connectivity index (χ3n) is 2.86. The van der Waals surface area contributed by atoms with E-state index in [1.54, 1.807) is 30.3 Å². The molecule has 21 heavy (non-hydrogen) atoms. The number of phenols is 1. The van der Waals surface area contributed by atoms with Crippen LogP contribution in [-0.2, 0) is 11.3 Å². The molecular formula is C14H17N3O4. The lowest BCUT2D eigenvalue weighted by Crippen LogP contribution is -2.11. The van der Waals surface area contributed by atoms with Crippen molar-refractivity contribution >= 4 is 11.6 Å². The van der Waals surface area contributed by atoms with E-state index in [4.69, 9.17) is 9.47 Å². The maximum absolute atomic E-state index is 12.1. The zero-order valence-electron chi connectivity index (χ0n) is 11.9. The number of carbonyl (C=O) groups is 1. The molecule has 0 spiro atoms. The van der Waals surface area contributed by atoms with Gasteiger partial charge in [-0.15, -0.1) is 0 Å². The summed E-state index contributed by atoms with van der Waals surface area (Å²) in [5.74, 6) is -0.0980. The number of amides is 1. The number of nitrogens with one attached hydrogen (secondary N) is 1. The average Bonchev–Trinajstić information content (AvgIpc) is 2.92. The van der Waals surface area contributed by atoms with Gasteiger partial charge in [0.2, 0.25) is 0 Å². The second kappa shape index (κ2) is 6.76. The molecule has 1 aromatic heterocycles. The second-order valence-electron chi connectivity index (χ2n) is 4.33. The van der Waals surface area contributed by atoms with Crippen LogP contribution >= 0.6 is 0 Å². The lowest BCUT2D eigenvalue weighted by Gasteiger charge is -2.06. The van der Waals surface area contributed by atoms with E-state index >= 15 is 0 Å². The van der Waals surface area contributed by atoms with E-state index in [1.165, 1.54) is 19.2 Å². The molecule has 1 aromatic carbocycles. The molecule has 2 N–H and O–H groups in total. The van der Waals surface area contributed by atoms with Gasteiger partial charge in [0, 0.05) is 18.9 Å². The van der Waals surface area contributed by atoms with Gasteiger partial charge in [-0.3, -0.25) is 9.48 Å². The predicted molar refractivity (Wildman–Crippen MR) is 76.7 cm³/mol. The van der Waals surface area contributed by atoms with Gasteiger partial charge in [0.25, 0.3) is 5.91 Å². The van der Waals surface area contributed by atoms with Gasteiger partial charge in [0.15, 0.2) is 11.5 Å². The summed E-state index contributed by atoms with van der Waals surface area (Å²) >= 11 is 0. The Balaban J connectivity index is 2.03. The van der Waals surface area contributed by atoms with E-state index in [2.05, 4.69) is 10.4 Å². The van der Waals surface area contributed by atoms with E-state index in [-0.39, 0.29) is 11.7 Å². The molecule has 0 radical (unpaired) electrons. The van der Waals surface area contributed by atoms with Gasteiger partial charge >= 0.3 is 0 Å². The van der Waals surface area contributed by atoms with Crippen molar-refractivity contribution in [2.45, 2.75) is 6.54 Å². The van der Waals surface area contributed by atoms with Gasteiger partial charge in [-0.25, -0.2) is 0 Å². The summed E-state index contributed by atoms with van der Waals surface area (Å²) in [6.07, 6.45) is 3.26. The van der Waals surface area contributed by atoms with Crippen LogP contribution in [0.1, 0.15) is 10.4 Å². The number of aromatic hydroxyl groups is 1. The highest BCUT2D eigenvalue weighted by Gasteiger charge is 2.10. The quantitative estimate of drug-likeness (QED) is 0.842. The molecule has 2 rings (SSSR count). The Bertz CT molecular complexity index is 624. The number of nitrogens with zero attached hydrogens (tertiary/aromatic N) is 2. The Hall–Kier alpha value is -2.54. The van der Waals surface area contributed by atoms with Gasteiger partial charge in [-0.2, -0.15) is 5.10 Å². The Morgan fingerprint density at radius 2 is 2.24 bits per heavy atom. The van der Waals surface area contributed by atoms with Crippen molar-refractivity contribution in [3.63, 3.8) is 0 Å². The van der Waals surface area contributed by atoms with Crippen LogP contribution in [0.15, 0.2) is 30.6 Å². The first-order valence-electron chi connectivity index (χ1n) is 6.34. The number of benzene rings is 1. The Kier molecular flexibility index (Phi) is 4.78. The largest absolute Gasteiger partial charge is 0.504 e. The molecule has 112 valence electrons. The summed E-state index contributed by atoms with van der Waals surface area (Å²) in [6.45, 7) is 1.15. The molecule has 0 aliphatic heterocycles. The topological polar surface area (TPSA) is 85.6 Å². The number of carbonyl (C=O) groups excluding carboxylic acids is 1. The molecule has 0 bridgehead atoms. The SMILES string of the molecule is COCCn1cc(NC(=O)c2ccc(OC)c(O)c2)cn1. The number of phenolic OH excluding ortho intramolecular Hbond substituents is 1. The molecule has 1 amide bonds. The third kappa shape index (κ3) is 3.73. The van der Waals surface area contributed by atoms with Crippen LogP contribution in [-0.4, -0.2) is 41.6 Å². The van der Waals surface area contributed by atoms with Crippen LogP contribution < -0.4 is 10.1 Å². The fourth-order valence-electron chi connectivity index (χ4n) is 1.77. The molecule has 0 aliphatic rings. The number of methoxy groups -OCH3 is 2. The van der Waals surface area contributed by atoms with Crippen molar-refractivity contribution in [1.82, 2.24) is 9.78 Å². The standard InChI is InChI=1S/C14H17N3O4/c1-20-6-5-17-9-11(8-15-17)16-14(19)10-3-4-13(21-2)12(18)7-10/h3-4,7-9,18H,5-6H2,1-2H3,(H,16,19). The minimum Gasteiger partial charge on any atom is -0.504 e. The summed E-state index contributed by atoms with van der Waals surface area (Å²) in [7, 11) is 3.06. The summed E-state index contributed by atoms with van der Waals surface area (Å²) in [5, 5.41) is 16.5. The summed E-state index contributed by atoms with van der Waals surface area (Å²) in [5.41, 5.74) is 0.907. The summed E-state index contributed by atoms with van der Waals surface area (Å²) in [6, 6.07) is 4.46. The van der Waals surface area contributed by atoms with Gasteiger partial charge in [0.05, 0.1) is 32.1 Å². The summed E-state index contributed by atoms with van der Waals surface area (Å²) in [4.78, 5) is 12.1. The number of ether oxygens (including phenoxy) is 2. The zero-order valence-corrected chi connectivity index (χ0v) is 11.9. The molecule has 0 aliphatic carbocycles. The molecule has 7 heteroatoms. The molecule has 0 saturated carbocycles. The predicted octanol–water partition coefficient (Wildman–Crippen LogP) is 1.50. The monoisotopic (exact) mass is 291 g/mol. The Morgan fingerprint density at radius 3 is 2.90 bits per heavy atom. The second-order valence-corrected chi connectivity index (χ2v) is 4.33. The first kappa shape index (κ1) is 14.9. The van der Waals surface area contributed by atoms with E-state index in [1.807, 2.05) is 0 Å². The maximum Gasteiger partial charge on any atom is 0.255 e. The van der Waals surface area contributed by atoms with E-state index in [0.717, 1.165) is 0 Å². The highest BCUT2D eigenvalue weighted by Crippen LogP contribution is 2.26. The van der Waals surface area contributed by atoms with Gasteiger partial charge in [0.1, 0.15) is 0 Å². The minimum atomic E-state index is -0.334. The number of hydrogen-bond donors (Lipinski definition) is 2. The van der Waals surface area contributed by atoms with Gasteiger partial charge in [-0.1, -0.05) is 0 Å². The zero-order chi connectivity index (χ0) is 15.2. The molecule has 0 saturated heterocycles. The maximum atomic E-state index is 12.1. The molecule has 0 unspecified atom stereocenters. The van der Waals surface area contributed by atoms with Crippen molar-refractivity contribution in [1.29, 1.82) is 0 Å². The van der Waals surface area contributed by atoms with Crippen molar-refractivity contribution in [2.24, 2.45) is 0 Å². The van der Waals surface area contributed by atoms with Crippen LogP contribution in [0, 0.1) is 0 Å². The van der Waals surface area contributed by atoms with Crippen molar-refractivity contribution in [3.05, 3.63) is 36.2 Å². The van der Waals surface area contributed by atoms with E-state index in [9.17, 15) is 9.90 Å². The van der Waals surface area contributed by atoms with Gasteiger partial charge < -0.3 is 19.9 Å². The van der Waals surface area contributed by atoms with E-state index < -0.39 is 0 Å². The van der Waals surface area contributed by atoms with Crippen molar-refractivity contribution in [3.8, 4) is 11.5 Å². The van der Waals surface area contributed by atoms with Crippen molar-refractivity contribution < 1.29 is 19.4 Å². The molecule has 1 heterocycles. The molecule has 0 atom stereocenters. The first-order chi connectivity index (χ1) is 10.1. The number of aromatic nitrogens is 2. The molecule has 7 nitrogen and oxygen atoms in total. The summed E-state index contributed by atoms with van der Waals surface area (Å²) < 4.78 is 11.6. The van der Waals surface area contributed by atoms with E-state index in [0.29, 0.717) is 30.2 Å². The normalized spacial score (nSPS) is 10.4. The average molecular weight is 291 g/mol. The van der Waals surface area contributed by atoms with Crippen molar-refractivity contribution in [2.75, 3.05) is 26.1 Å². The Labute approximate surface area is 122 Å². The molecule has 0 fully saturated rings. The van der Waals surface area contributed by atoms with Gasteiger partial charge in [-0.05, 0) is 18.2 Å². The third-order valence-corrected chi connectivity index (χ3v) is 2.86. The van der Waals surface area contributed by atoms with Crippen LogP contribution in [0.25, 0.3) is 0 Å². The fourth-order valence-corrected chi connectivity index (χ4v) is 1.77. The smallest absolute Gasteiger partial charge is 0.255 e. The Morgan fingerprint density at radius 1 is 1.43 bits per heavy atom. The van der Waals surface area contributed by atoms with Crippen LogP contribution in [0.3, 0.4) is 0 Å². The van der Waals surface area contributed by atoms with Crippen LogP contribution in [0.5, 0.6) is 11.5 Å².